The highest BCUT2D eigenvalue weighted by Gasteiger charge is 2.30. The number of halogens is 3. The fourth-order valence-corrected chi connectivity index (χ4v) is 2.06. The molecule has 0 unspecified atom stereocenters. The molecule has 0 aliphatic carbocycles. The van der Waals surface area contributed by atoms with Crippen molar-refractivity contribution in [1.82, 2.24) is 0 Å². The number of likely N-dealkylation sites (N-methyl/N-ethyl adjacent to an activating group) is 1. The number of hydrogen-bond acceptors (Lipinski definition) is 4. The predicted octanol–water partition coefficient (Wildman–Crippen LogP) is 3.59. The van der Waals surface area contributed by atoms with Crippen molar-refractivity contribution >= 4 is 5.69 Å². The molecule has 0 aliphatic rings. The summed E-state index contributed by atoms with van der Waals surface area (Å²) in [5.41, 5.74) is 1.76. The van der Waals surface area contributed by atoms with Gasteiger partial charge >= 0.3 is 6.36 Å². The maximum Gasteiger partial charge on any atom is 0.573 e. The standard InChI is InChI=1S/C17H18F3NO3/c1-21(14-4-2-3-13(11-14)12-22)9-10-23-15-5-7-16(8-6-15)24-17(18,19)20/h2-8,11,22H,9-10,12H2,1H3. The van der Waals surface area contributed by atoms with E-state index in [2.05, 4.69) is 4.74 Å². The fourth-order valence-electron chi connectivity index (χ4n) is 2.06. The van der Waals surface area contributed by atoms with E-state index in [0.717, 1.165) is 11.3 Å². The van der Waals surface area contributed by atoms with Crippen LogP contribution in [0.5, 0.6) is 11.5 Å². The fraction of sp³-hybridized carbons (Fsp3) is 0.294. The average molecular weight is 341 g/mol. The van der Waals surface area contributed by atoms with Crippen molar-refractivity contribution in [1.29, 1.82) is 0 Å². The molecular formula is C17H18F3NO3. The second-order valence-electron chi connectivity index (χ2n) is 5.12. The summed E-state index contributed by atoms with van der Waals surface area (Å²) in [6.45, 7) is 0.916. The van der Waals surface area contributed by atoms with Gasteiger partial charge in [0.2, 0.25) is 0 Å². The highest BCUT2D eigenvalue weighted by molar-refractivity contribution is 5.47. The van der Waals surface area contributed by atoms with Crippen LogP contribution >= 0.6 is 0 Å². The zero-order valence-electron chi connectivity index (χ0n) is 13.1. The number of benzene rings is 2. The Balaban J connectivity index is 1.83. The molecule has 0 saturated carbocycles. The van der Waals surface area contributed by atoms with Crippen molar-refractivity contribution < 1.29 is 27.8 Å². The molecule has 0 saturated heterocycles. The number of ether oxygens (including phenoxy) is 2. The number of aliphatic hydroxyl groups excluding tert-OH is 1. The van der Waals surface area contributed by atoms with Gasteiger partial charge in [-0.3, -0.25) is 0 Å². The minimum absolute atomic E-state index is 0.0233. The smallest absolute Gasteiger partial charge is 0.492 e. The summed E-state index contributed by atoms with van der Waals surface area (Å²) in [6.07, 6.45) is -4.70. The molecule has 24 heavy (non-hydrogen) atoms. The molecule has 0 atom stereocenters. The molecule has 0 radical (unpaired) electrons. The SMILES string of the molecule is CN(CCOc1ccc(OC(F)(F)F)cc1)c1cccc(CO)c1. The van der Waals surface area contributed by atoms with E-state index in [4.69, 9.17) is 9.84 Å². The summed E-state index contributed by atoms with van der Waals surface area (Å²) < 4.78 is 45.5. The van der Waals surface area contributed by atoms with Crippen LogP contribution in [0.4, 0.5) is 18.9 Å². The van der Waals surface area contributed by atoms with Crippen molar-refractivity contribution in [3.63, 3.8) is 0 Å². The van der Waals surface area contributed by atoms with Crippen LogP contribution in [-0.2, 0) is 6.61 Å². The van der Waals surface area contributed by atoms with E-state index >= 15 is 0 Å². The number of alkyl halides is 3. The Labute approximate surface area is 138 Å². The third-order valence-electron chi connectivity index (χ3n) is 3.29. The molecule has 0 spiro atoms. The average Bonchev–Trinajstić information content (AvgIpc) is 2.55. The minimum atomic E-state index is -4.70. The van der Waals surface area contributed by atoms with Crippen LogP contribution in [-0.4, -0.2) is 31.7 Å². The summed E-state index contributed by atoms with van der Waals surface area (Å²) in [4.78, 5) is 1.96. The van der Waals surface area contributed by atoms with Gasteiger partial charge in [0.15, 0.2) is 0 Å². The lowest BCUT2D eigenvalue weighted by Gasteiger charge is -2.20. The van der Waals surface area contributed by atoms with Crippen LogP contribution < -0.4 is 14.4 Å². The van der Waals surface area contributed by atoms with Crippen molar-refractivity contribution in [2.45, 2.75) is 13.0 Å². The van der Waals surface area contributed by atoms with Gasteiger partial charge in [0.1, 0.15) is 18.1 Å². The Morgan fingerprint density at radius 2 is 1.71 bits per heavy atom. The van der Waals surface area contributed by atoms with Crippen LogP contribution in [0.25, 0.3) is 0 Å². The first-order valence-electron chi connectivity index (χ1n) is 7.27. The Hall–Kier alpha value is -2.41. The molecule has 0 heterocycles. The quantitative estimate of drug-likeness (QED) is 0.836. The van der Waals surface area contributed by atoms with Gasteiger partial charge in [-0.15, -0.1) is 13.2 Å². The molecule has 2 aromatic carbocycles. The predicted molar refractivity (Wildman–Crippen MR) is 84.3 cm³/mol. The lowest BCUT2D eigenvalue weighted by atomic mass is 10.2. The number of hydrogen-bond donors (Lipinski definition) is 1. The van der Waals surface area contributed by atoms with Gasteiger partial charge in [-0.05, 0) is 42.0 Å². The summed E-state index contributed by atoms with van der Waals surface area (Å²) in [5.74, 6) is 0.176. The van der Waals surface area contributed by atoms with Crippen LogP contribution in [0, 0.1) is 0 Å². The number of aliphatic hydroxyl groups is 1. The van der Waals surface area contributed by atoms with E-state index in [-0.39, 0.29) is 12.4 Å². The van der Waals surface area contributed by atoms with E-state index in [0.29, 0.717) is 18.9 Å². The minimum Gasteiger partial charge on any atom is -0.492 e. The van der Waals surface area contributed by atoms with Crippen LogP contribution in [0.2, 0.25) is 0 Å². The van der Waals surface area contributed by atoms with Gasteiger partial charge in [-0.25, -0.2) is 0 Å². The van der Waals surface area contributed by atoms with Crippen molar-refractivity contribution in [3.05, 3.63) is 54.1 Å². The molecule has 0 amide bonds. The third-order valence-corrected chi connectivity index (χ3v) is 3.29. The van der Waals surface area contributed by atoms with E-state index in [1.54, 1.807) is 0 Å². The van der Waals surface area contributed by atoms with Crippen molar-refractivity contribution in [3.8, 4) is 11.5 Å². The van der Waals surface area contributed by atoms with Crippen LogP contribution in [0.15, 0.2) is 48.5 Å². The zero-order chi connectivity index (χ0) is 17.6. The monoisotopic (exact) mass is 341 g/mol. The molecule has 0 fully saturated rings. The molecular weight excluding hydrogens is 323 g/mol. The molecule has 4 nitrogen and oxygen atoms in total. The first kappa shape index (κ1) is 17.9. The molecule has 7 heteroatoms. The molecule has 2 aromatic rings. The second-order valence-corrected chi connectivity index (χ2v) is 5.12. The second kappa shape index (κ2) is 7.92. The van der Waals surface area contributed by atoms with Gasteiger partial charge in [0, 0.05) is 12.7 Å². The van der Waals surface area contributed by atoms with Crippen LogP contribution in [0.1, 0.15) is 5.56 Å². The van der Waals surface area contributed by atoms with Gasteiger partial charge in [-0.1, -0.05) is 12.1 Å². The van der Waals surface area contributed by atoms with Crippen molar-refractivity contribution in [2.24, 2.45) is 0 Å². The Morgan fingerprint density at radius 1 is 1.04 bits per heavy atom. The molecule has 0 bridgehead atoms. The summed E-state index contributed by atoms with van der Waals surface area (Å²) >= 11 is 0. The molecule has 1 N–H and O–H groups in total. The summed E-state index contributed by atoms with van der Waals surface area (Å²) in [5, 5.41) is 9.14. The lowest BCUT2D eigenvalue weighted by molar-refractivity contribution is -0.274. The Bertz CT molecular complexity index is 644. The van der Waals surface area contributed by atoms with Gasteiger partial charge in [-0.2, -0.15) is 0 Å². The zero-order valence-corrected chi connectivity index (χ0v) is 13.1. The number of rotatable bonds is 7. The maximum atomic E-state index is 12.1. The van der Waals surface area contributed by atoms with Gasteiger partial charge < -0.3 is 19.5 Å². The van der Waals surface area contributed by atoms with Gasteiger partial charge in [0.25, 0.3) is 0 Å². The highest BCUT2D eigenvalue weighted by atomic mass is 19.4. The molecule has 0 aromatic heterocycles. The normalized spacial score (nSPS) is 11.2. The topological polar surface area (TPSA) is 41.9 Å². The molecule has 2 rings (SSSR count). The maximum absolute atomic E-state index is 12.1. The molecule has 130 valence electrons. The lowest BCUT2D eigenvalue weighted by Crippen LogP contribution is -2.23. The Morgan fingerprint density at radius 3 is 2.33 bits per heavy atom. The summed E-state index contributed by atoms with van der Waals surface area (Å²) in [6, 6.07) is 12.7. The first-order valence-corrected chi connectivity index (χ1v) is 7.27. The number of nitrogens with zero attached hydrogens (tertiary/aromatic N) is 1. The van der Waals surface area contributed by atoms with E-state index in [1.807, 2.05) is 36.2 Å². The highest BCUT2D eigenvalue weighted by Crippen LogP contribution is 2.24. The largest absolute Gasteiger partial charge is 0.573 e. The van der Waals surface area contributed by atoms with Crippen molar-refractivity contribution in [2.75, 3.05) is 25.1 Å². The third kappa shape index (κ3) is 5.66. The Kier molecular flexibility index (Phi) is 5.92. The van der Waals surface area contributed by atoms with E-state index in [9.17, 15) is 13.2 Å². The summed E-state index contributed by atoms with van der Waals surface area (Å²) in [7, 11) is 1.89. The first-order chi connectivity index (χ1) is 11.4. The number of anilines is 1. The van der Waals surface area contributed by atoms with E-state index < -0.39 is 6.36 Å². The van der Waals surface area contributed by atoms with Crippen LogP contribution in [0.3, 0.4) is 0 Å². The molecule has 0 aliphatic heterocycles. The van der Waals surface area contributed by atoms with E-state index in [1.165, 1.54) is 24.3 Å². The van der Waals surface area contributed by atoms with Gasteiger partial charge in [0.05, 0.1) is 13.2 Å².